The van der Waals surface area contributed by atoms with E-state index in [0.29, 0.717) is 11.0 Å². The molecule has 0 bridgehead atoms. The lowest BCUT2D eigenvalue weighted by Gasteiger charge is -1.98. The van der Waals surface area contributed by atoms with Crippen LogP contribution in [0.1, 0.15) is 0 Å². The molecule has 2 aromatic heterocycles. The van der Waals surface area contributed by atoms with E-state index in [9.17, 15) is 4.79 Å². The maximum absolute atomic E-state index is 11.4. The molecular formula is C7H6ClN3O. The van der Waals surface area contributed by atoms with E-state index >= 15 is 0 Å². The second kappa shape index (κ2) is 2.35. The molecule has 5 heteroatoms. The van der Waals surface area contributed by atoms with Gasteiger partial charge in [0.05, 0.1) is 5.39 Å². The summed E-state index contributed by atoms with van der Waals surface area (Å²) in [5.41, 5.74) is 0.398. The normalized spacial score (nSPS) is 10.8. The summed E-state index contributed by atoms with van der Waals surface area (Å²) in [7, 11) is 1.59. The predicted molar refractivity (Wildman–Crippen MR) is 46.3 cm³/mol. The van der Waals surface area contributed by atoms with Crippen LogP contribution in [0, 0.1) is 0 Å². The van der Waals surface area contributed by atoms with Crippen LogP contribution in [-0.4, -0.2) is 14.5 Å². The molecule has 0 amide bonds. The number of fused-ring (bicyclic) bond motifs is 1. The van der Waals surface area contributed by atoms with Gasteiger partial charge in [0.1, 0.15) is 5.65 Å². The zero-order valence-electron chi connectivity index (χ0n) is 6.34. The SMILES string of the molecule is Cn1c(Cl)nc2[nH]ccc2c1=O. The molecule has 0 spiro atoms. The average Bonchev–Trinajstić information content (AvgIpc) is 2.48. The lowest BCUT2D eigenvalue weighted by atomic mass is 10.4. The van der Waals surface area contributed by atoms with Crippen molar-refractivity contribution < 1.29 is 0 Å². The highest BCUT2D eigenvalue weighted by atomic mass is 35.5. The molecule has 0 aliphatic rings. The maximum Gasteiger partial charge on any atom is 0.263 e. The van der Waals surface area contributed by atoms with Gasteiger partial charge in [-0.3, -0.25) is 9.36 Å². The second-order valence-corrected chi connectivity index (χ2v) is 2.82. The van der Waals surface area contributed by atoms with Gasteiger partial charge in [-0.25, -0.2) is 4.98 Å². The zero-order valence-corrected chi connectivity index (χ0v) is 7.09. The van der Waals surface area contributed by atoms with Gasteiger partial charge in [0.25, 0.3) is 5.56 Å². The van der Waals surface area contributed by atoms with Crippen molar-refractivity contribution in [2.24, 2.45) is 7.05 Å². The summed E-state index contributed by atoms with van der Waals surface area (Å²) in [5.74, 6) is 0. The van der Waals surface area contributed by atoms with Gasteiger partial charge in [-0.05, 0) is 17.7 Å². The van der Waals surface area contributed by atoms with Gasteiger partial charge < -0.3 is 4.98 Å². The molecule has 0 atom stereocenters. The molecule has 0 aliphatic carbocycles. The number of H-pyrrole nitrogens is 1. The Morgan fingerprint density at radius 2 is 2.42 bits per heavy atom. The third kappa shape index (κ3) is 0.848. The average molecular weight is 184 g/mol. The van der Waals surface area contributed by atoms with Crippen LogP contribution in [0.2, 0.25) is 5.28 Å². The minimum atomic E-state index is -0.133. The summed E-state index contributed by atoms with van der Waals surface area (Å²) >= 11 is 5.68. The van der Waals surface area contributed by atoms with Crippen LogP contribution in [0.3, 0.4) is 0 Å². The topological polar surface area (TPSA) is 50.7 Å². The van der Waals surface area contributed by atoms with Gasteiger partial charge >= 0.3 is 0 Å². The molecule has 2 aromatic rings. The Bertz CT molecular complexity index is 485. The Kier molecular flexibility index (Phi) is 1.44. The molecule has 2 heterocycles. The number of nitrogens with one attached hydrogen (secondary N) is 1. The van der Waals surface area contributed by atoms with E-state index in [4.69, 9.17) is 11.6 Å². The summed E-state index contributed by atoms with van der Waals surface area (Å²) in [4.78, 5) is 18.2. The fourth-order valence-corrected chi connectivity index (χ4v) is 1.22. The molecule has 12 heavy (non-hydrogen) atoms. The van der Waals surface area contributed by atoms with Crippen molar-refractivity contribution in [3.05, 3.63) is 27.9 Å². The first kappa shape index (κ1) is 7.36. The largest absolute Gasteiger partial charge is 0.346 e. The molecule has 0 unspecified atom stereocenters. The van der Waals surface area contributed by atoms with E-state index in [0.717, 1.165) is 0 Å². The van der Waals surface area contributed by atoms with E-state index in [1.807, 2.05) is 0 Å². The second-order valence-electron chi connectivity index (χ2n) is 2.48. The van der Waals surface area contributed by atoms with Crippen molar-refractivity contribution in [1.82, 2.24) is 14.5 Å². The Morgan fingerprint density at radius 3 is 3.17 bits per heavy atom. The standard InChI is InChI=1S/C7H6ClN3O/c1-11-6(12)4-2-3-9-5(4)10-7(11)8/h2-3,9H,1H3. The monoisotopic (exact) mass is 183 g/mol. The van der Waals surface area contributed by atoms with Crippen LogP contribution in [0.4, 0.5) is 0 Å². The smallest absolute Gasteiger partial charge is 0.263 e. The molecule has 1 N–H and O–H groups in total. The van der Waals surface area contributed by atoms with Crippen molar-refractivity contribution in [3.63, 3.8) is 0 Å². The first-order chi connectivity index (χ1) is 5.70. The van der Waals surface area contributed by atoms with Gasteiger partial charge in [-0.2, -0.15) is 0 Å². The fraction of sp³-hybridized carbons (Fsp3) is 0.143. The van der Waals surface area contributed by atoms with E-state index in [1.165, 1.54) is 4.57 Å². The summed E-state index contributed by atoms with van der Waals surface area (Å²) in [6.45, 7) is 0. The first-order valence-electron chi connectivity index (χ1n) is 3.40. The third-order valence-electron chi connectivity index (χ3n) is 1.74. The van der Waals surface area contributed by atoms with E-state index < -0.39 is 0 Å². The van der Waals surface area contributed by atoms with Crippen molar-refractivity contribution >= 4 is 22.6 Å². The summed E-state index contributed by atoms with van der Waals surface area (Å²) in [6, 6.07) is 1.68. The molecule has 0 saturated carbocycles. The molecule has 0 fully saturated rings. The van der Waals surface area contributed by atoms with E-state index in [2.05, 4.69) is 9.97 Å². The molecule has 4 nitrogen and oxygen atoms in total. The summed E-state index contributed by atoms with van der Waals surface area (Å²) in [6.07, 6.45) is 1.66. The van der Waals surface area contributed by atoms with Crippen LogP contribution < -0.4 is 5.56 Å². The van der Waals surface area contributed by atoms with Crippen LogP contribution in [0.15, 0.2) is 17.1 Å². The van der Waals surface area contributed by atoms with Crippen LogP contribution in [0.25, 0.3) is 11.0 Å². The van der Waals surface area contributed by atoms with Gasteiger partial charge in [-0.1, -0.05) is 0 Å². The Hall–Kier alpha value is -1.29. The minimum Gasteiger partial charge on any atom is -0.346 e. The highest BCUT2D eigenvalue weighted by molar-refractivity contribution is 6.28. The number of rotatable bonds is 0. The number of nitrogens with zero attached hydrogens (tertiary/aromatic N) is 2. The van der Waals surface area contributed by atoms with E-state index in [1.54, 1.807) is 19.3 Å². The van der Waals surface area contributed by atoms with Gasteiger partial charge in [0, 0.05) is 13.2 Å². The van der Waals surface area contributed by atoms with Crippen LogP contribution >= 0.6 is 11.6 Å². The van der Waals surface area contributed by atoms with Gasteiger partial charge in [0.15, 0.2) is 0 Å². The lowest BCUT2D eigenvalue weighted by molar-refractivity contribution is 0.843. The summed E-state index contributed by atoms with van der Waals surface area (Å²) < 4.78 is 1.30. The highest BCUT2D eigenvalue weighted by Gasteiger charge is 2.05. The molecule has 0 saturated heterocycles. The lowest BCUT2D eigenvalue weighted by Crippen LogP contribution is -2.17. The van der Waals surface area contributed by atoms with E-state index in [-0.39, 0.29) is 10.8 Å². The number of aromatic amines is 1. The molecular weight excluding hydrogens is 178 g/mol. The number of hydrogen-bond acceptors (Lipinski definition) is 2. The Morgan fingerprint density at radius 1 is 1.67 bits per heavy atom. The molecule has 0 aromatic carbocycles. The zero-order chi connectivity index (χ0) is 8.72. The summed E-state index contributed by atoms with van der Waals surface area (Å²) in [5, 5.41) is 0.747. The molecule has 2 rings (SSSR count). The number of hydrogen-bond donors (Lipinski definition) is 1. The van der Waals surface area contributed by atoms with Gasteiger partial charge in [-0.15, -0.1) is 0 Å². The number of aromatic nitrogens is 3. The highest BCUT2D eigenvalue weighted by Crippen LogP contribution is 2.07. The molecule has 62 valence electrons. The van der Waals surface area contributed by atoms with Crippen LogP contribution in [0.5, 0.6) is 0 Å². The van der Waals surface area contributed by atoms with Crippen molar-refractivity contribution in [2.45, 2.75) is 0 Å². The quantitative estimate of drug-likeness (QED) is 0.618. The Labute approximate surface area is 72.8 Å². The Balaban J connectivity index is 3.05. The molecule has 0 aliphatic heterocycles. The van der Waals surface area contributed by atoms with Crippen molar-refractivity contribution in [1.29, 1.82) is 0 Å². The first-order valence-corrected chi connectivity index (χ1v) is 3.77. The molecule has 0 radical (unpaired) electrons. The van der Waals surface area contributed by atoms with Crippen molar-refractivity contribution in [2.75, 3.05) is 0 Å². The third-order valence-corrected chi connectivity index (χ3v) is 2.08. The van der Waals surface area contributed by atoms with Crippen molar-refractivity contribution in [3.8, 4) is 0 Å². The minimum absolute atomic E-state index is 0.133. The fourth-order valence-electron chi connectivity index (χ4n) is 1.06. The number of halogens is 1. The van der Waals surface area contributed by atoms with Crippen LogP contribution in [-0.2, 0) is 7.05 Å². The maximum atomic E-state index is 11.4. The predicted octanol–water partition coefficient (Wildman–Crippen LogP) is 0.915. The van der Waals surface area contributed by atoms with Gasteiger partial charge in [0.2, 0.25) is 5.28 Å².